The van der Waals surface area contributed by atoms with E-state index in [1.807, 2.05) is 11.3 Å². The summed E-state index contributed by atoms with van der Waals surface area (Å²) in [7, 11) is 0. The van der Waals surface area contributed by atoms with E-state index in [2.05, 4.69) is 32.0 Å². The lowest BCUT2D eigenvalue weighted by Gasteiger charge is -2.34. The normalized spacial score (nSPS) is 19.3. The number of fused-ring (bicyclic) bond motifs is 1. The van der Waals surface area contributed by atoms with Crippen LogP contribution in [0.1, 0.15) is 48.1 Å². The third-order valence-electron chi connectivity index (χ3n) is 4.50. The highest BCUT2D eigenvalue weighted by atomic mass is 32.1. The first-order valence-corrected chi connectivity index (χ1v) is 7.71. The molecule has 0 spiro atoms. The van der Waals surface area contributed by atoms with Crippen molar-refractivity contribution in [1.82, 2.24) is 0 Å². The van der Waals surface area contributed by atoms with Crippen LogP contribution in [0.25, 0.3) is 10.1 Å². The van der Waals surface area contributed by atoms with Gasteiger partial charge >= 0.3 is 0 Å². The first-order valence-electron chi connectivity index (χ1n) is 6.89. The van der Waals surface area contributed by atoms with Gasteiger partial charge in [-0.15, -0.1) is 11.3 Å². The maximum absolute atomic E-state index is 6.62. The Morgan fingerprint density at radius 3 is 2.56 bits per heavy atom. The van der Waals surface area contributed by atoms with Gasteiger partial charge in [0, 0.05) is 15.1 Å². The van der Waals surface area contributed by atoms with Crippen molar-refractivity contribution in [3.8, 4) is 0 Å². The molecule has 0 saturated heterocycles. The number of hydrogen-bond acceptors (Lipinski definition) is 2. The third kappa shape index (κ3) is 1.88. The van der Waals surface area contributed by atoms with Gasteiger partial charge in [-0.2, -0.15) is 0 Å². The van der Waals surface area contributed by atoms with Crippen LogP contribution in [0.2, 0.25) is 0 Å². The van der Waals surface area contributed by atoms with Gasteiger partial charge in [0.25, 0.3) is 0 Å². The lowest BCUT2D eigenvalue weighted by molar-refractivity contribution is 0.302. The molecule has 0 amide bonds. The second-order valence-electron chi connectivity index (χ2n) is 5.71. The van der Waals surface area contributed by atoms with Gasteiger partial charge < -0.3 is 5.73 Å². The summed E-state index contributed by atoms with van der Waals surface area (Å²) in [6.45, 7) is 4.42. The van der Waals surface area contributed by atoms with E-state index in [9.17, 15) is 0 Å². The van der Waals surface area contributed by atoms with Crippen LogP contribution in [-0.4, -0.2) is 0 Å². The third-order valence-corrected chi connectivity index (χ3v) is 5.67. The molecular formula is C16H21NS. The van der Waals surface area contributed by atoms with Crippen LogP contribution >= 0.6 is 11.3 Å². The summed E-state index contributed by atoms with van der Waals surface area (Å²) in [5.74, 6) is 0. The van der Waals surface area contributed by atoms with E-state index in [0.29, 0.717) is 0 Å². The molecule has 1 heterocycles. The van der Waals surface area contributed by atoms with Gasteiger partial charge in [-0.05, 0) is 49.3 Å². The molecule has 0 bridgehead atoms. The van der Waals surface area contributed by atoms with Crippen molar-refractivity contribution in [2.24, 2.45) is 5.73 Å². The zero-order chi connectivity index (χ0) is 12.8. The Labute approximate surface area is 113 Å². The largest absolute Gasteiger partial charge is 0.321 e. The molecule has 1 nitrogen and oxygen atoms in total. The molecule has 0 aliphatic heterocycles. The zero-order valence-corrected chi connectivity index (χ0v) is 12.1. The molecule has 2 aromatic rings. The maximum Gasteiger partial charge on any atom is 0.0410 e. The number of benzene rings is 1. The van der Waals surface area contributed by atoms with Gasteiger partial charge in [0.15, 0.2) is 0 Å². The highest BCUT2D eigenvalue weighted by molar-refractivity contribution is 7.19. The summed E-state index contributed by atoms with van der Waals surface area (Å²) in [6.07, 6.45) is 6.18. The fourth-order valence-corrected chi connectivity index (χ4v) is 4.24. The van der Waals surface area contributed by atoms with Gasteiger partial charge in [0.05, 0.1) is 0 Å². The topological polar surface area (TPSA) is 26.0 Å². The molecule has 0 atom stereocenters. The highest BCUT2D eigenvalue weighted by Crippen LogP contribution is 2.38. The van der Waals surface area contributed by atoms with Gasteiger partial charge in [0.2, 0.25) is 0 Å². The summed E-state index contributed by atoms with van der Waals surface area (Å²) in [5, 5.41) is 1.40. The molecule has 1 fully saturated rings. The van der Waals surface area contributed by atoms with Crippen molar-refractivity contribution in [3.05, 3.63) is 34.2 Å². The lowest BCUT2D eigenvalue weighted by atomic mass is 9.77. The van der Waals surface area contributed by atoms with E-state index in [0.717, 1.165) is 12.8 Å². The first-order chi connectivity index (χ1) is 8.60. The van der Waals surface area contributed by atoms with Crippen molar-refractivity contribution in [2.75, 3.05) is 0 Å². The van der Waals surface area contributed by atoms with E-state index in [1.165, 1.54) is 45.4 Å². The average molecular weight is 259 g/mol. The molecule has 1 aromatic carbocycles. The summed E-state index contributed by atoms with van der Waals surface area (Å²) in [5.41, 5.74) is 9.32. The molecule has 18 heavy (non-hydrogen) atoms. The van der Waals surface area contributed by atoms with E-state index >= 15 is 0 Å². The number of aryl methyl sites for hydroxylation is 2. The van der Waals surface area contributed by atoms with Gasteiger partial charge in [-0.1, -0.05) is 31.4 Å². The Morgan fingerprint density at radius 1 is 1.11 bits per heavy atom. The molecule has 2 heteroatoms. The molecule has 1 aliphatic rings. The fourth-order valence-electron chi connectivity index (χ4n) is 3.13. The minimum Gasteiger partial charge on any atom is -0.321 e. The number of thiophene rings is 1. The Hall–Kier alpha value is -0.860. The number of nitrogens with two attached hydrogens (primary N) is 1. The molecular weight excluding hydrogens is 238 g/mol. The van der Waals surface area contributed by atoms with Crippen LogP contribution in [0.5, 0.6) is 0 Å². The van der Waals surface area contributed by atoms with Crippen molar-refractivity contribution >= 4 is 21.4 Å². The van der Waals surface area contributed by atoms with Gasteiger partial charge in [0.1, 0.15) is 0 Å². The van der Waals surface area contributed by atoms with Crippen LogP contribution in [0.3, 0.4) is 0 Å². The van der Waals surface area contributed by atoms with E-state index in [4.69, 9.17) is 5.73 Å². The van der Waals surface area contributed by atoms with Crippen molar-refractivity contribution in [2.45, 2.75) is 51.5 Å². The molecule has 0 radical (unpaired) electrons. The van der Waals surface area contributed by atoms with E-state index in [1.54, 1.807) is 0 Å². The number of rotatable bonds is 1. The predicted octanol–water partition coefficient (Wildman–Crippen LogP) is 4.64. The van der Waals surface area contributed by atoms with Crippen molar-refractivity contribution in [1.29, 1.82) is 0 Å². The van der Waals surface area contributed by atoms with Crippen LogP contribution < -0.4 is 5.73 Å². The minimum absolute atomic E-state index is 0.0712. The molecule has 3 rings (SSSR count). The second-order valence-corrected chi connectivity index (χ2v) is 6.97. The Balaban J connectivity index is 2.07. The highest BCUT2D eigenvalue weighted by Gasteiger charge is 2.29. The summed E-state index contributed by atoms with van der Waals surface area (Å²) in [4.78, 5) is 1.43. The molecule has 1 saturated carbocycles. The fraction of sp³-hybridized carbons (Fsp3) is 0.500. The molecule has 96 valence electrons. The van der Waals surface area contributed by atoms with Crippen molar-refractivity contribution < 1.29 is 0 Å². The minimum atomic E-state index is -0.0712. The van der Waals surface area contributed by atoms with Crippen molar-refractivity contribution in [3.63, 3.8) is 0 Å². The predicted molar refractivity (Wildman–Crippen MR) is 80.2 cm³/mol. The lowest BCUT2D eigenvalue weighted by Crippen LogP contribution is -2.38. The van der Waals surface area contributed by atoms with E-state index in [-0.39, 0.29) is 5.54 Å². The molecule has 2 N–H and O–H groups in total. The second kappa shape index (κ2) is 4.36. The maximum atomic E-state index is 6.62. The standard InChI is InChI=1S/C16H21NS/c1-11-12(2)18-15-10-13(6-7-14(11)15)16(17)8-4-3-5-9-16/h6-7,10H,3-5,8-9,17H2,1-2H3. The summed E-state index contributed by atoms with van der Waals surface area (Å²) in [6, 6.07) is 6.87. The average Bonchev–Trinajstić information content (AvgIpc) is 2.66. The van der Waals surface area contributed by atoms with Gasteiger partial charge in [-0.3, -0.25) is 0 Å². The van der Waals surface area contributed by atoms with Crippen LogP contribution in [0.4, 0.5) is 0 Å². The zero-order valence-electron chi connectivity index (χ0n) is 11.3. The monoisotopic (exact) mass is 259 g/mol. The molecule has 1 aromatic heterocycles. The summed E-state index contributed by atoms with van der Waals surface area (Å²) < 4.78 is 1.40. The molecule has 1 aliphatic carbocycles. The SMILES string of the molecule is Cc1sc2cc(C3(N)CCCCC3)ccc2c1C. The van der Waals surface area contributed by atoms with Gasteiger partial charge in [-0.25, -0.2) is 0 Å². The quantitative estimate of drug-likeness (QED) is 0.793. The number of hydrogen-bond donors (Lipinski definition) is 1. The van der Waals surface area contributed by atoms with Crippen LogP contribution in [0, 0.1) is 13.8 Å². The van der Waals surface area contributed by atoms with E-state index < -0.39 is 0 Å². The molecule has 0 unspecified atom stereocenters. The summed E-state index contributed by atoms with van der Waals surface area (Å²) >= 11 is 1.90. The smallest absolute Gasteiger partial charge is 0.0410 e. The first kappa shape index (κ1) is 12.2. The van der Waals surface area contributed by atoms with Crippen LogP contribution in [-0.2, 0) is 5.54 Å². The Bertz CT molecular complexity index is 576. The Morgan fingerprint density at radius 2 is 1.83 bits per heavy atom. The van der Waals surface area contributed by atoms with Crippen LogP contribution in [0.15, 0.2) is 18.2 Å². The Kier molecular flexibility index (Phi) is 2.95.